The van der Waals surface area contributed by atoms with Crippen molar-refractivity contribution in [2.45, 2.75) is 12.5 Å². The van der Waals surface area contributed by atoms with Gasteiger partial charge >= 0.3 is 93.0 Å². The summed E-state index contributed by atoms with van der Waals surface area (Å²) >= 11 is 0.337. The molecule has 1 atom stereocenters. The van der Waals surface area contributed by atoms with Gasteiger partial charge in [0.05, 0.1) is 0 Å². The number of carboxylic acid groups (broad SMARTS) is 1. The third-order valence-corrected chi connectivity index (χ3v) is 4.44. The molecule has 1 aromatic heterocycles. The van der Waals surface area contributed by atoms with Gasteiger partial charge in [-0.2, -0.15) is 0 Å². The maximum atomic E-state index is 10.7. The molecule has 0 radical (unpaired) electrons. The van der Waals surface area contributed by atoms with E-state index in [1.54, 1.807) is 0 Å². The molecule has 1 heterocycles. The number of carbonyl (C=O) groups is 1. The van der Waals surface area contributed by atoms with Crippen molar-refractivity contribution in [1.29, 1.82) is 0 Å². The van der Waals surface area contributed by atoms with Crippen LogP contribution in [-0.2, 0) is 11.2 Å². The van der Waals surface area contributed by atoms with E-state index in [-0.39, 0.29) is 0 Å². The Kier molecular flexibility index (Phi) is 2.91. The molecule has 0 aliphatic carbocycles. The molecule has 78 valence electrons. The monoisotopic (exact) mass is 269 g/mol. The van der Waals surface area contributed by atoms with E-state index < -0.39 is 12.0 Å². The van der Waals surface area contributed by atoms with Crippen molar-refractivity contribution in [3.63, 3.8) is 0 Å². The average molecular weight is 268 g/mol. The first-order valence-corrected chi connectivity index (χ1v) is 6.46. The molecule has 0 saturated heterocycles. The Labute approximate surface area is 93.3 Å². The van der Waals surface area contributed by atoms with Gasteiger partial charge in [-0.05, 0) is 0 Å². The third kappa shape index (κ3) is 2.12. The van der Waals surface area contributed by atoms with Gasteiger partial charge in [-0.25, -0.2) is 0 Å². The van der Waals surface area contributed by atoms with Crippen molar-refractivity contribution in [3.05, 3.63) is 34.8 Å². The van der Waals surface area contributed by atoms with E-state index in [2.05, 4.69) is 11.0 Å². The zero-order chi connectivity index (χ0) is 10.8. The molecule has 0 aliphatic rings. The van der Waals surface area contributed by atoms with Crippen molar-refractivity contribution < 1.29 is 9.90 Å². The second-order valence-corrected chi connectivity index (χ2v) is 5.32. The van der Waals surface area contributed by atoms with E-state index >= 15 is 0 Å². The van der Waals surface area contributed by atoms with Gasteiger partial charge in [-0.3, -0.25) is 0 Å². The maximum absolute atomic E-state index is 10.7. The van der Waals surface area contributed by atoms with Gasteiger partial charge in [0.2, 0.25) is 0 Å². The van der Waals surface area contributed by atoms with Gasteiger partial charge < -0.3 is 0 Å². The molecule has 4 heteroatoms. The van der Waals surface area contributed by atoms with E-state index in [4.69, 9.17) is 10.8 Å². The number of aliphatic carboxylic acids is 1. The van der Waals surface area contributed by atoms with Crippen LogP contribution < -0.4 is 5.73 Å². The number of fused-ring (bicyclic) bond motifs is 1. The molecular weight excluding hydrogens is 257 g/mol. The summed E-state index contributed by atoms with van der Waals surface area (Å²) in [4.78, 5) is 12.8. The summed E-state index contributed by atoms with van der Waals surface area (Å²) in [7, 11) is 0. The number of rotatable bonds is 3. The fraction of sp³-hybridized carbons (Fsp3) is 0.182. The van der Waals surface area contributed by atoms with E-state index in [1.807, 2.05) is 18.2 Å². The Bertz CT molecular complexity index is 492. The van der Waals surface area contributed by atoms with Crippen LogP contribution in [0.4, 0.5) is 0 Å². The summed E-state index contributed by atoms with van der Waals surface area (Å²) in [6.07, 6.45) is 0.425. The van der Waals surface area contributed by atoms with Crippen molar-refractivity contribution in [1.82, 2.24) is 0 Å². The molecule has 0 saturated carbocycles. The summed E-state index contributed by atoms with van der Waals surface area (Å²) in [5.74, 6) is -0.937. The molecule has 1 unspecified atom stereocenters. The van der Waals surface area contributed by atoms with Crippen LogP contribution in [0.1, 0.15) is 5.56 Å². The summed E-state index contributed by atoms with van der Waals surface area (Å²) in [6.45, 7) is 0. The molecule has 3 nitrogen and oxygen atoms in total. The molecule has 0 aliphatic heterocycles. The van der Waals surface area contributed by atoms with Gasteiger partial charge in [-0.15, -0.1) is 0 Å². The summed E-state index contributed by atoms with van der Waals surface area (Å²) in [6, 6.07) is 7.31. The van der Waals surface area contributed by atoms with E-state index in [9.17, 15) is 4.79 Å². The van der Waals surface area contributed by atoms with Crippen LogP contribution in [-0.4, -0.2) is 31.6 Å². The van der Waals surface area contributed by atoms with Gasteiger partial charge in [0.25, 0.3) is 0 Å². The molecule has 15 heavy (non-hydrogen) atoms. The van der Waals surface area contributed by atoms with Gasteiger partial charge in [0, 0.05) is 0 Å². The quantitative estimate of drug-likeness (QED) is 0.811. The van der Waals surface area contributed by atoms with Crippen LogP contribution in [0.2, 0.25) is 0 Å². The van der Waals surface area contributed by atoms with Crippen LogP contribution in [0.3, 0.4) is 0 Å². The Balaban J connectivity index is 2.32. The van der Waals surface area contributed by atoms with Crippen LogP contribution in [0.5, 0.6) is 0 Å². The Hall–Kier alpha value is -1.09. The van der Waals surface area contributed by atoms with E-state index in [0.29, 0.717) is 20.9 Å². The van der Waals surface area contributed by atoms with Crippen LogP contribution in [0.15, 0.2) is 29.2 Å². The van der Waals surface area contributed by atoms with Crippen molar-refractivity contribution in [3.8, 4) is 0 Å². The number of benzene rings is 1. The first-order valence-electron chi connectivity index (χ1n) is 4.62. The minimum atomic E-state index is -0.937. The number of nitrogens with two attached hydrogens (primary N) is 1. The van der Waals surface area contributed by atoms with Crippen molar-refractivity contribution in [2.24, 2.45) is 5.73 Å². The number of hydrogen-bond donors (Lipinski definition) is 2. The fourth-order valence-electron chi connectivity index (χ4n) is 1.52. The average Bonchev–Trinajstić information content (AvgIpc) is 2.62. The molecule has 3 N–H and O–H groups in total. The molecule has 2 rings (SSSR count). The van der Waals surface area contributed by atoms with Crippen LogP contribution >= 0.6 is 0 Å². The normalized spacial score (nSPS) is 12.9. The second-order valence-electron chi connectivity index (χ2n) is 3.41. The molecule has 0 fully saturated rings. The third-order valence-electron chi connectivity index (χ3n) is 2.32. The summed E-state index contributed by atoms with van der Waals surface area (Å²) < 4.78 is 1.32. The summed E-state index contributed by atoms with van der Waals surface area (Å²) in [5, 5.41) is 9.92. The van der Waals surface area contributed by atoms with Crippen LogP contribution in [0, 0.1) is 0 Å². The molecule has 0 amide bonds. The molecular formula is C11H11NO2Se. The number of hydrogen-bond acceptors (Lipinski definition) is 2. The fourth-order valence-corrected chi connectivity index (χ4v) is 3.56. The topological polar surface area (TPSA) is 63.3 Å². The van der Waals surface area contributed by atoms with Gasteiger partial charge in [0.15, 0.2) is 0 Å². The SMILES string of the molecule is NC(Cc1c[se]c2ccccc12)C(=O)O. The first kappa shape index (κ1) is 10.4. The predicted octanol–water partition coefficient (Wildman–Crippen LogP) is 0.851. The zero-order valence-electron chi connectivity index (χ0n) is 8.01. The van der Waals surface area contributed by atoms with Crippen molar-refractivity contribution >= 4 is 30.1 Å². The number of carboxylic acids is 1. The second kappa shape index (κ2) is 4.19. The molecule has 0 spiro atoms. The Morgan fingerprint density at radius 2 is 2.20 bits per heavy atom. The van der Waals surface area contributed by atoms with Crippen molar-refractivity contribution in [2.75, 3.05) is 0 Å². The van der Waals surface area contributed by atoms with E-state index in [1.165, 1.54) is 9.65 Å². The molecule has 2 aromatic rings. The minimum absolute atomic E-state index is 0.337. The Morgan fingerprint density at radius 1 is 1.47 bits per heavy atom. The summed E-state index contributed by atoms with van der Waals surface area (Å²) in [5.41, 5.74) is 6.60. The van der Waals surface area contributed by atoms with Crippen LogP contribution in [0.25, 0.3) is 9.65 Å². The standard InChI is InChI=1S/C11H11NO2Se/c12-9(11(13)14)5-7-6-15-10-4-2-1-3-8(7)10/h1-4,6,9H,5,12H2,(H,13,14). The zero-order valence-corrected chi connectivity index (χ0v) is 9.73. The first-order chi connectivity index (χ1) is 7.18. The van der Waals surface area contributed by atoms with Gasteiger partial charge in [-0.1, -0.05) is 0 Å². The Morgan fingerprint density at radius 3 is 2.93 bits per heavy atom. The predicted molar refractivity (Wildman–Crippen MR) is 60.2 cm³/mol. The molecule has 1 aromatic carbocycles. The van der Waals surface area contributed by atoms with E-state index in [0.717, 1.165) is 5.56 Å². The van der Waals surface area contributed by atoms with Gasteiger partial charge in [0.1, 0.15) is 0 Å². The molecule has 0 bridgehead atoms.